The first kappa shape index (κ1) is 23.5. The van der Waals surface area contributed by atoms with E-state index >= 15 is 0 Å². The second-order valence-electron chi connectivity index (χ2n) is 8.24. The molecule has 180 valence electrons. The van der Waals surface area contributed by atoms with E-state index in [-0.39, 0.29) is 36.6 Å². The van der Waals surface area contributed by atoms with E-state index in [9.17, 15) is 18.8 Å². The summed E-state index contributed by atoms with van der Waals surface area (Å²) in [7, 11) is 1.56. The fourth-order valence-electron chi connectivity index (χ4n) is 4.11. The molecule has 2 heterocycles. The Morgan fingerprint density at radius 3 is 2.74 bits per heavy atom. The van der Waals surface area contributed by atoms with Gasteiger partial charge in [-0.3, -0.25) is 9.59 Å². The van der Waals surface area contributed by atoms with Gasteiger partial charge in [0.25, 0.3) is 0 Å². The van der Waals surface area contributed by atoms with Gasteiger partial charge in [-0.05, 0) is 35.9 Å². The summed E-state index contributed by atoms with van der Waals surface area (Å²) in [6.07, 6.45) is 0.984. The van der Waals surface area contributed by atoms with Crippen LogP contribution in [0.25, 0.3) is 0 Å². The van der Waals surface area contributed by atoms with Gasteiger partial charge in [0.15, 0.2) is 11.5 Å². The molecule has 2 fully saturated rings. The maximum Gasteiger partial charge on any atom is 0.338 e. The van der Waals surface area contributed by atoms with Gasteiger partial charge >= 0.3 is 5.97 Å². The largest absolute Gasteiger partial charge is 0.493 e. The molecule has 2 amide bonds. The second kappa shape index (κ2) is 10.1. The Kier molecular flexibility index (Phi) is 6.97. The summed E-state index contributed by atoms with van der Waals surface area (Å²) in [5.74, 6) is -1.97. The number of ether oxygens (including phenoxy) is 3. The standard InChI is InChI=1S/C24H25FN2O7/c1-32-20-5-2-14(8-21(20)34-17-6-7-33-13-17)15-9-23(29)27(11-15)12-22(28)26-16-3-4-18(24(30)31)19(25)10-16/h2-5,8,10,15,17H,6-7,9,11-13H2,1H3,(H,26,28)(H,30,31)/t15-,17-/m1/s1. The lowest BCUT2D eigenvalue weighted by Crippen LogP contribution is -2.34. The molecule has 9 nitrogen and oxygen atoms in total. The highest BCUT2D eigenvalue weighted by Gasteiger charge is 2.32. The van der Waals surface area contributed by atoms with Crippen molar-refractivity contribution in [2.45, 2.75) is 24.9 Å². The minimum absolute atomic E-state index is 0.0519. The molecule has 2 aliphatic rings. The molecule has 0 radical (unpaired) electrons. The van der Waals surface area contributed by atoms with Crippen LogP contribution in [0.5, 0.6) is 11.5 Å². The molecule has 34 heavy (non-hydrogen) atoms. The molecule has 0 unspecified atom stereocenters. The maximum absolute atomic E-state index is 13.8. The van der Waals surface area contributed by atoms with Crippen molar-refractivity contribution in [3.05, 3.63) is 53.3 Å². The third kappa shape index (κ3) is 5.28. The first-order valence-electron chi connectivity index (χ1n) is 10.9. The predicted molar refractivity (Wildman–Crippen MR) is 119 cm³/mol. The molecular weight excluding hydrogens is 447 g/mol. The molecule has 0 saturated carbocycles. The van der Waals surface area contributed by atoms with Gasteiger partial charge in [-0.2, -0.15) is 0 Å². The van der Waals surface area contributed by atoms with Gasteiger partial charge < -0.3 is 29.5 Å². The average Bonchev–Trinajstić information content (AvgIpc) is 3.43. The van der Waals surface area contributed by atoms with Gasteiger partial charge in [0.05, 0.1) is 32.4 Å². The summed E-state index contributed by atoms with van der Waals surface area (Å²) in [6, 6.07) is 8.86. The summed E-state index contributed by atoms with van der Waals surface area (Å²) in [5.41, 5.74) is 0.527. The molecule has 2 aliphatic heterocycles. The minimum atomic E-state index is -1.40. The van der Waals surface area contributed by atoms with Crippen molar-refractivity contribution in [2.24, 2.45) is 0 Å². The van der Waals surface area contributed by atoms with Crippen molar-refractivity contribution in [3.63, 3.8) is 0 Å². The first-order chi connectivity index (χ1) is 16.3. The molecule has 0 aromatic heterocycles. The number of likely N-dealkylation sites (tertiary alicyclic amines) is 1. The molecule has 2 saturated heterocycles. The fraction of sp³-hybridized carbons (Fsp3) is 0.375. The van der Waals surface area contributed by atoms with Crippen LogP contribution in [0.4, 0.5) is 10.1 Å². The molecule has 2 atom stereocenters. The number of aromatic carboxylic acids is 1. The number of hydrogen-bond acceptors (Lipinski definition) is 6. The van der Waals surface area contributed by atoms with Gasteiger partial charge in [0.2, 0.25) is 11.8 Å². The van der Waals surface area contributed by atoms with Crippen molar-refractivity contribution in [2.75, 3.05) is 38.7 Å². The number of carboxylic acids is 1. The monoisotopic (exact) mass is 472 g/mol. The number of anilines is 1. The number of hydrogen-bond donors (Lipinski definition) is 2. The highest BCUT2D eigenvalue weighted by Crippen LogP contribution is 2.36. The number of benzene rings is 2. The van der Waals surface area contributed by atoms with E-state index in [0.29, 0.717) is 31.3 Å². The minimum Gasteiger partial charge on any atom is -0.493 e. The number of nitrogens with one attached hydrogen (secondary N) is 1. The van der Waals surface area contributed by atoms with E-state index in [4.69, 9.17) is 19.3 Å². The van der Waals surface area contributed by atoms with E-state index in [1.165, 1.54) is 11.0 Å². The molecule has 2 N–H and O–H groups in total. The normalized spacial score (nSPS) is 19.8. The van der Waals surface area contributed by atoms with Gasteiger partial charge in [-0.1, -0.05) is 6.07 Å². The molecule has 4 rings (SSSR count). The molecular formula is C24H25FN2O7. The predicted octanol–water partition coefficient (Wildman–Crippen LogP) is 2.65. The van der Waals surface area contributed by atoms with E-state index < -0.39 is 23.3 Å². The van der Waals surface area contributed by atoms with Crippen molar-refractivity contribution in [3.8, 4) is 11.5 Å². The van der Waals surface area contributed by atoms with Crippen LogP contribution >= 0.6 is 0 Å². The van der Waals surface area contributed by atoms with Gasteiger partial charge in [-0.25, -0.2) is 9.18 Å². The molecule has 10 heteroatoms. The van der Waals surface area contributed by atoms with Crippen LogP contribution in [-0.4, -0.2) is 67.3 Å². The number of carbonyl (C=O) groups excluding carboxylic acids is 2. The maximum atomic E-state index is 13.8. The smallest absolute Gasteiger partial charge is 0.338 e. The average molecular weight is 472 g/mol. The van der Waals surface area contributed by atoms with Crippen LogP contribution < -0.4 is 14.8 Å². The van der Waals surface area contributed by atoms with Crippen LogP contribution in [0.15, 0.2) is 36.4 Å². The molecule has 2 aromatic rings. The van der Waals surface area contributed by atoms with Crippen LogP contribution in [0.1, 0.15) is 34.7 Å². The Bertz CT molecular complexity index is 1100. The first-order valence-corrected chi connectivity index (χ1v) is 10.9. The summed E-state index contributed by atoms with van der Waals surface area (Å²) in [5, 5.41) is 11.4. The summed E-state index contributed by atoms with van der Waals surface area (Å²) in [4.78, 5) is 37.3. The van der Waals surface area contributed by atoms with Gasteiger partial charge in [0.1, 0.15) is 11.9 Å². The molecule has 0 aliphatic carbocycles. The Hall–Kier alpha value is -3.66. The zero-order valence-electron chi connectivity index (χ0n) is 18.6. The zero-order chi connectivity index (χ0) is 24.2. The van der Waals surface area contributed by atoms with Crippen LogP contribution in [0.3, 0.4) is 0 Å². The van der Waals surface area contributed by atoms with E-state index in [1.54, 1.807) is 13.2 Å². The quantitative estimate of drug-likeness (QED) is 0.607. The van der Waals surface area contributed by atoms with Crippen LogP contribution in [0, 0.1) is 5.82 Å². The number of carboxylic acid groups (broad SMARTS) is 1. The van der Waals surface area contributed by atoms with Crippen molar-refractivity contribution in [1.82, 2.24) is 4.90 Å². The Labute approximate surface area is 195 Å². The van der Waals surface area contributed by atoms with E-state index in [2.05, 4.69) is 5.32 Å². The van der Waals surface area contributed by atoms with Gasteiger partial charge in [-0.15, -0.1) is 0 Å². The van der Waals surface area contributed by atoms with Crippen molar-refractivity contribution < 1.29 is 38.1 Å². The van der Waals surface area contributed by atoms with Crippen LogP contribution in [0.2, 0.25) is 0 Å². The topological polar surface area (TPSA) is 114 Å². The lowest BCUT2D eigenvalue weighted by Gasteiger charge is -2.19. The number of nitrogens with zero attached hydrogens (tertiary/aromatic N) is 1. The van der Waals surface area contributed by atoms with Gasteiger partial charge in [0, 0.05) is 31.0 Å². The third-order valence-corrected chi connectivity index (χ3v) is 5.87. The van der Waals surface area contributed by atoms with Crippen molar-refractivity contribution in [1.29, 1.82) is 0 Å². The van der Waals surface area contributed by atoms with E-state index in [1.807, 2.05) is 12.1 Å². The zero-order valence-corrected chi connectivity index (χ0v) is 18.6. The number of methoxy groups -OCH3 is 1. The number of carbonyl (C=O) groups is 3. The summed E-state index contributed by atoms with van der Waals surface area (Å²) < 4.78 is 30.6. The fourth-order valence-corrected chi connectivity index (χ4v) is 4.11. The number of amides is 2. The summed E-state index contributed by atoms with van der Waals surface area (Å²) in [6.45, 7) is 1.31. The highest BCUT2D eigenvalue weighted by atomic mass is 19.1. The Morgan fingerprint density at radius 1 is 1.24 bits per heavy atom. The second-order valence-corrected chi connectivity index (χ2v) is 8.24. The lowest BCUT2D eigenvalue weighted by molar-refractivity contribution is -0.131. The van der Waals surface area contributed by atoms with Crippen molar-refractivity contribution >= 4 is 23.5 Å². The SMILES string of the molecule is COc1ccc([C@@H]2CC(=O)N(CC(=O)Nc3ccc(C(=O)O)c(F)c3)C2)cc1O[C@@H]1CCOC1. The number of rotatable bonds is 8. The van der Waals surface area contributed by atoms with Crippen LogP contribution in [-0.2, 0) is 14.3 Å². The molecule has 2 aromatic carbocycles. The Morgan fingerprint density at radius 2 is 2.06 bits per heavy atom. The highest BCUT2D eigenvalue weighted by molar-refractivity contribution is 5.96. The molecule has 0 bridgehead atoms. The van der Waals surface area contributed by atoms with E-state index in [0.717, 1.165) is 24.1 Å². The lowest BCUT2D eigenvalue weighted by atomic mass is 9.98. The molecule has 0 spiro atoms. The summed E-state index contributed by atoms with van der Waals surface area (Å²) >= 11 is 0. The third-order valence-electron chi connectivity index (χ3n) is 5.87. The Balaban J connectivity index is 1.39. The number of halogens is 1.